The van der Waals surface area contributed by atoms with Gasteiger partial charge in [0.1, 0.15) is 12.4 Å². The average molecular weight is 351 g/mol. The lowest BCUT2D eigenvalue weighted by Gasteiger charge is -2.16. The van der Waals surface area contributed by atoms with Crippen LogP contribution in [-0.4, -0.2) is 32.3 Å². The zero-order valence-electron chi connectivity index (χ0n) is 16.5. The van der Waals surface area contributed by atoms with Crippen LogP contribution < -0.4 is 10.1 Å². The molecule has 0 amide bonds. The van der Waals surface area contributed by atoms with Gasteiger partial charge < -0.3 is 15.0 Å². The van der Waals surface area contributed by atoms with Crippen LogP contribution in [0, 0.1) is 13.8 Å². The highest BCUT2D eigenvalue weighted by Crippen LogP contribution is 2.27. The molecule has 26 heavy (non-hydrogen) atoms. The van der Waals surface area contributed by atoms with Gasteiger partial charge in [0.15, 0.2) is 0 Å². The fraction of sp³-hybridized carbons (Fsp3) is 0.318. The third kappa shape index (κ3) is 4.66. The number of aryl methyl sites for hydroxylation is 2. The van der Waals surface area contributed by atoms with Crippen molar-refractivity contribution in [3.63, 3.8) is 0 Å². The molecule has 0 aromatic heterocycles. The lowest BCUT2D eigenvalue weighted by molar-refractivity contribution is 0.304. The first-order valence-electron chi connectivity index (χ1n) is 8.89. The smallest absolute Gasteiger partial charge is 0.122 e. The van der Waals surface area contributed by atoms with Crippen molar-refractivity contribution < 1.29 is 4.74 Å². The van der Waals surface area contributed by atoms with E-state index in [2.05, 4.69) is 60.9 Å². The van der Waals surface area contributed by atoms with Gasteiger partial charge in [0.25, 0.3) is 0 Å². The van der Waals surface area contributed by atoms with Crippen molar-refractivity contribution in [3.05, 3.63) is 64.9 Å². The molecule has 0 fully saturated rings. The summed E-state index contributed by atoms with van der Waals surface area (Å²) in [6.07, 6.45) is 2.01. The molecule has 0 saturated carbocycles. The van der Waals surface area contributed by atoms with Crippen LogP contribution in [0.3, 0.4) is 0 Å². The van der Waals surface area contributed by atoms with Crippen molar-refractivity contribution in [2.75, 3.05) is 26.0 Å². The second-order valence-electron chi connectivity index (χ2n) is 6.37. The first-order valence-corrected chi connectivity index (χ1v) is 8.89. The molecule has 2 aromatic rings. The summed E-state index contributed by atoms with van der Waals surface area (Å²) in [5.74, 6) is 0.881. The number of ether oxygens (including phenoxy) is 1. The molecule has 4 heteroatoms. The molecule has 2 aromatic carbocycles. The van der Waals surface area contributed by atoms with Crippen LogP contribution in [-0.2, 0) is 6.61 Å². The van der Waals surface area contributed by atoms with Gasteiger partial charge in [-0.25, -0.2) is 0 Å². The van der Waals surface area contributed by atoms with Gasteiger partial charge in [0, 0.05) is 43.7 Å². The first kappa shape index (κ1) is 19.6. The molecule has 0 saturated heterocycles. The number of rotatable bonds is 8. The lowest BCUT2D eigenvalue weighted by atomic mass is 10.1. The Balaban J connectivity index is 2.21. The highest BCUT2D eigenvalue weighted by Gasteiger charge is 2.09. The summed E-state index contributed by atoms with van der Waals surface area (Å²) < 4.78 is 6.10. The molecule has 0 bridgehead atoms. The number of hydrogen-bond donors (Lipinski definition) is 1. The van der Waals surface area contributed by atoms with E-state index in [1.165, 1.54) is 11.1 Å². The van der Waals surface area contributed by atoms with E-state index in [1.54, 1.807) is 0 Å². The van der Waals surface area contributed by atoms with Gasteiger partial charge in [-0.2, -0.15) is 0 Å². The van der Waals surface area contributed by atoms with Gasteiger partial charge in [-0.15, -0.1) is 0 Å². The van der Waals surface area contributed by atoms with Gasteiger partial charge in [0.2, 0.25) is 0 Å². The number of hydrogen-bond acceptors (Lipinski definition) is 4. The van der Waals surface area contributed by atoms with E-state index in [0.29, 0.717) is 6.61 Å². The minimum Gasteiger partial charge on any atom is -0.489 e. The third-order valence-electron chi connectivity index (χ3n) is 4.53. The van der Waals surface area contributed by atoms with Crippen molar-refractivity contribution in [1.82, 2.24) is 4.90 Å². The minimum atomic E-state index is 0.532. The molecular weight excluding hydrogens is 322 g/mol. The topological polar surface area (TPSA) is 36.9 Å². The van der Waals surface area contributed by atoms with Crippen molar-refractivity contribution >= 4 is 18.1 Å². The quantitative estimate of drug-likeness (QED) is 0.689. The molecule has 0 aliphatic rings. The molecule has 0 aliphatic carbocycles. The maximum absolute atomic E-state index is 6.10. The Kier molecular flexibility index (Phi) is 6.84. The van der Waals surface area contributed by atoms with Crippen molar-refractivity contribution in [3.8, 4) is 5.75 Å². The standard InChI is InChI=1S/C22H29N3O/c1-7-25(6)14-21(24-5)18-11-12-22(17(3)13-18)26-15-19-16(2)9-8-10-20(19)23-4/h8-14,23H,5,7,15H2,1-4,6H3/b21-14-. The number of benzene rings is 2. The third-order valence-corrected chi connectivity index (χ3v) is 4.53. The Morgan fingerprint density at radius 3 is 2.62 bits per heavy atom. The second-order valence-corrected chi connectivity index (χ2v) is 6.37. The van der Waals surface area contributed by atoms with E-state index in [1.807, 2.05) is 38.5 Å². The predicted octanol–water partition coefficient (Wildman–Crippen LogP) is 4.87. The van der Waals surface area contributed by atoms with Gasteiger partial charge in [-0.3, -0.25) is 4.99 Å². The predicted molar refractivity (Wildman–Crippen MR) is 112 cm³/mol. The van der Waals surface area contributed by atoms with Crippen LogP contribution in [0.5, 0.6) is 5.75 Å². The summed E-state index contributed by atoms with van der Waals surface area (Å²) in [6, 6.07) is 12.4. The SMILES string of the molecule is C=N/C(=C\N(C)CC)c1ccc(OCc2c(C)cccc2NC)c(C)c1. The summed E-state index contributed by atoms with van der Waals surface area (Å²) in [5.41, 5.74) is 6.47. The van der Waals surface area contributed by atoms with Crippen LogP contribution >= 0.6 is 0 Å². The normalized spacial score (nSPS) is 11.2. The first-order chi connectivity index (χ1) is 12.5. The van der Waals surface area contributed by atoms with Gasteiger partial charge >= 0.3 is 0 Å². The van der Waals surface area contributed by atoms with E-state index >= 15 is 0 Å². The summed E-state index contributed by atoms with van der Waals surface area (Å²) in [6.45, 7) is 11.4. The largest absolute Gasteiger partial charge is 0.489 e. The zero-order valence-corrected chi connectivity index (χ0v) is 16.5. The monoisotopic (exact) mass is 351 g/mol. The number of anilines is 1. The summed E-state index contributed by atoms with van der Waals surface area (Å²) in [5, 5.41) is 3.23. The molecule has 0 aliphatic heterocycles. The average Bonchev–Trinajstić information content (AvgIpc) is 2.65. The van der Waals surface area contributed by atoms with Crippen LogP contribution in [0.15, 0.2) is 47.6 Å². The van der Waals surface area contributed by atoms with Crippen LogP contribution in [0.4, 0.5) is 5.69 Å². The molecule has 0 spiro atoms. The highest BCUT2D eigenvalue weighted by atomic mass is 16.5. The highest BCUT2D eigenvalue weighted by molar-refractivity contribution is 5.69. The summed E-state index contributed by atoms with van der Waals surface area (Å²) in [7, 11) is 3.96. The Hall–Kier alpha value is -2.75. The Labute approximate surface area is 157 Å². The fourth-order valence-electron chi connectivity index (χ4n) is 2.76. The Morgan fingerprint density at radius 1 is 1.23 bits per heavy atom. The molecule has 4 nitrogen and oxygen atoms in total. The molecule has 2 rings (SSSR count). The molecule has 138 valence electrons. The van der Waals surface area contributed by atoms with Crippen LogP contribution in [0.1, 0.15) is 29.2 Å². The molecule has 0 unspecified atom stereocenters. The van der Waals surface area contributed by atoms with E-state index < -0.39 is 0 Å². The summed E-state index contributed by atoms with van der Waals surface area (Å²) >= 11 is 0. The molecule has 0 heterocycles. The fourth-order valence-corrected chi connectivity index (χ4v) is 2.76. The van der Waals surface area contributed by atoms with Crippen molar-refractivity contribution in [2.45, 2.75) is 27.4 Å². The maximum atomic E-state index is 6.10. The lowest BCUT2D eigenvalue weighted by Crippen LogP contribution is -2.09. The van der Waals surface area contributed by atoms with Crippen molar-refractivity contribution in [1.29, 1.82) is 0 Å². The molecular formula is C22H29N3O. The van der Waals surface area contributed by atoms with E-state index in [-0.39, 0.29) is 0 Å². The number of aliphatic imine (C=N–C) groups is 1. The molecule has 0 atom stereocenters. The van der Waals surface area contributed by atoms with Gasteiger partial charge in [-0.1, -0.05) is 12.1 Å². The van der Waals surface area contributed by atoms with E-state index in [9.17, 15) is 0 Å². The van der Waals surface area contributed by atoms with Gasteiger partial charge in [0.05, 0.1) is 5.70 Å². The maximum Gasteiger partial charge on any atom is 0.122 e. The second kappa shape index (κ2) is 9.09. The minimum absolute atomic E-state index is 0.532. The van der Waals surface area contributed by atoms with E-state index in [0.717, 1.165) is 34.8 Å². The molecule has 1 N–H and O–H groups in total. The zero-order chi connectivity index (χ0) is 19.1. The molecule has 0 radical (unpaired) electrons. The number of nitrogens with one attached hydrogen (secondary N) is 1. The van der Waals surface area contributed by atoms with Crippen molar-refractivity contribution in [2.24, 2.45) is 4.99 Å². The summed E-state index contributed by atoms with van der Waals surface area (Å²) in [4.78, 5) is 6.25. The van der Waals surface area contributed by atoms with Crippen LogP contribution in [0.25, 0.3) is 5.70 Å². The van der Waals surface area contributed by atoms with E-state index in [4.69, 9.17) is 4.74 Å². The van der Waals surface area contributed by atoms with Gasteiger partial charge in [-0.05, 0) is 62.9 Å². The Bertz CT molecular complexity index is 796. The Morgan fingerprint density at radius 2 is 2.00 bits per heavy atom. The number of nitrogens with zero attached hydrogens (tertiary/aromatic N) is 2. The van der Waals surface area contributed by atoms with Crippen LogP contribution in [0.2, 0.25) is 0 Å².